The van der Waals surface area contributed by atoms with Gasteiger partial charge >= 0.3 is 5.97 Å². The highest BCUT2D eigenvalue weighted by Gasteiger charge is 2.27. The van der Waals surface area contributed by atoms with Crippen LogP contribution in [0.4, 0.5) is 4.39 Å². The predicted molar refractivity (Wildman–Crippen MR) is 81.9 cm³/mol. The molecular weight excluding hydrogens is 317 g/mol. The molecule has 1 aliphatic rings. The number of halogens is 1. The van der Waals surface area contributed by atoms with Crippen molar-refractivity contribution in [3.8, 4) is 11.3 Å². The molecule has 2 N–H and O–H groups in total. The van der Waals surface area contributed by atoms with E-state index in [1.165, 1.54) is 12.1 Å². The summed E-state index contributed by atoms with van der Waals surface area (Å²) in [6, 6.07) is 7.40. The lowest BCUT2D eigenvalue weighted by atomic mass is 10.1. The minimum atomic E-state index is -0.963. The molecular formula is C16H16FN3O4. The van der Waals surface area contributed by atoms with Gasteiger partial charge in [-0.25, -0.2) is 4.39 Å². The fourth-order valence-corrected chi connectivity index (χ4v) is 2.59. The number of carbonyl (C=O) groups is 2. The van der Waals surface area contributed by atoms with Gasteiger partial charge in [0.15, 0.2) is 0 Å². The van der Waals surface area contributed by atoms with Crippen molar-refractivity contribution in [1.82, 2.24) is 15.1 Å². The zero-order valence-corrected chi connectivity index (χ0v) is 12.7. The average molecular weight is 333 g/mol. The topological polar surface area (TPSA) is 95.5 Å². The third-order valence-corrected chi connectivity index (χ3v) is 3.78. The summed E-state index contributed by atoms with van der Waals surface area (Å²) in [5, 5.41) is 15.6. The molecule has 0 radical (unpaired) electrons. The number of hydrogen-bond donors (Lipinski definition) is 2. The van der Waals surface area contributed by atoms with Crippen LogP contribution in [-0.4, -0.2) is 57.9 Å². The number of aromatic amines is 1. The normalized spacial score (nSPS) is 17.7. The summed E-state index contributed by atoms with van der Waals surface area (Å²) < 4.78 is 18.3. The van der Waals surface area contributed by atoms with Crippen molar-refractivity contribution in [1.29, 1.82) is 0 Å². The van der Waals surface area contributed by atoms with Gasteiger partial charge in [-0.2, -0.15) is 5.10 Å². The third kappa shape index (κ3) is 3.60. The molecule has 1 saturated heterocycles. The quantitative estimate of drug-likeness (QED) is 0.885. The second-order valence-corrected chi connectivity index (χ2v) is 5.52. The first kappa shape index (κ1) is 16.1. The summed E-state index contributed by atoms with van der Waals surface area (Å²) in [4.78, 5) is 24.8. The number of H-pyrrole nitrogens is 1. The number of nitrogens with one attached hydrogen (secondary N) is 1. The summed E-state index contributed by atoms with van der Waals surface area (Å²) >= 11 is 0. The van der Waals surface area contributed by atoms with Crippen LogP contribution in [0.15, 0.2) is 30.3 Å². The van der Waals surface area contributed by atoms with Crippen LogP contribution >= 0.6 is 0 Å². The van der Waals surface area contributed by atoms with Gasteiger partial charge in [0.25, 0.3) is 5.91 Å². The highest BCUT2D eigenvalue weighted by atomic mass is 19.1. The van der Waals surface area contributed by atoms with Crippen molar-refractivity contribution in [2.24, 2.45) is 0 Å². The first-order valence-corrected chi connectivity index (χ1v) is 7.47. The number of ether oxygens (including phenoxy) is 1. The SMILES string of the molecule is O=C(O)CC1CN(C(=O)c2cc(-c3ccc(F)cc3)n[nH]2)CCO1. The van der Waals surface area contributed by atoms with Gasteiger partial charge in [0, 0.05) is 18.7 Å². The Bertz CT molecular complexity index is 744. The van der Waals surface area contributed by atoms with Crippen LogP contribution in [0.3, 0.4) is 0 Å². The number of nitrogens with zero attached hydrogens (tertiary/aromatic N) is 2. The Balaban J connectivity index is 1.71. The van der Waals surface area contributed by atoms with Gasteiger partial charge in [-0.05, 0) is 30.3 Å². The molecule has 0 saturated carbocycles. The minimum Gasteiger partial charge on any atom is -0.481 e. The highest BCUT2D eigenvalue weighted by molar-refractivity contribution is 5.93. The van der Waals surface area contributed by atoms with Gasteiger partial charge in [0.1, 0.15) is 11.5 Å². The van der Waals surface area contributed by atoms with Crippen molar-refractivity contribution in [3.05, 3.63) is 41.8 Å². The second kappa shape index (κ2) is 6.79. The van der Waals surface area contributed by atoms with E-state index >= 15 is 0 Å². The van der Waals surface area contributed by atoms with E-state index in [0.29, 0.717) is 30.1 Å². The smallest absolute Gasteiger partial charge is 0.306 e. The molecule has 1 aromatic heterocycles. The number of carboxylic acid groups (broad SMARTS) is 1. The molecule has 0 aliphatic carbocycles. The Morgan fingerprint density at radius 3 is 2.83 bits per heavy atom. The lowest BCUT2D eigenvalue weighted by Gasteiger charge is -2.31. The number of carboxylic acids is 1. The zero-order chi connectivity index (χ0) is 17.1. The molecule has 1 aromatic carbocycles. The fraction of sp³-hybridized carbons (Fsp3) is 0.312. The maximum absolute atomic E-state index is 13.0. The van der Waals surface area contributed by atoms with Crippen LogP contribution in [0.2, 0.25) is 0 Å². The average Bonchev–Trinajstić information content (AvgIpc) is 3.04. The van der Waals surface area contributed by atoms with E-state index in [4.69, 9.17) is 9.84 Å². The van der Waals surface area contributed by atoms with Gasteiger partial charge < -0.3 is 14.7 Å². The number of aromatic nitrogens is 2. The Hall–Kier alpha value is -2.74. The summed E-state index contributed by atoms with van der Waals surface area (Å²) in [6.07, 6.45) is -0.659. The molecule has 1 amide bonds. The monoisotopic (exact) mass is 333 g/mol. The molecule has 0 spiro atoms. The van der Waals surface area contributed by atoms with Gasteiger partial charge in [-0.15, -0.1) is 0 Å². The Morgan fingerprint density at radius 1 is 1.38 bits per heavy atom. The largest absolute Gasteiger partial charge is 0.481 e. The summed E-state index contributed by atoms with van der Waals surface area (Å²) in [5.74, 6) is -1.58. The standard InChI is InChI=1S/C16H16FN3O4/c17-11-3-1-10(2-4-11)13-8-14(19-18-13)16(23)20-5-6-24-12(9-20)7-15(21)22/h1-4,8,12H,5-7,9H2,(H,18,19)(H,21,22). The first-order chi connectivity index (χ1) is 11.5. The zero-order valence-electron chi connectivity index (χ0n) is 12.7. The molecule has 1 aliphatic heterocycles. The molecule has 1 fully saturated rings. The van der Waals surface area contributed by atoms with E-state index < -0.39 is 12.1 Å². The van der Waals surface area contributed by atoms with E-state index in [9.17, 15) is 14.0 Å². The van der Waals surface area contributed by atoms with Crippen LogP contribution in [-0.2, 0) is 9.53 Å². The molecule has 1 atom stereocenters. The van der Waals surface area contributed by atoms with E-state index in [2.05, 4.69) is 10.2 Å². The molecule has 8 heteroatoms. The van der Waals surface area contributed by atoms with Gasteiger partial charge in [0.05, 0.1) is 24.8 Å². The Kier molecular flexibility index (Phi) is 4.57. The van der Waals surface area contributed by atoms with Crippen molar-refractivity contribution in [2.45, 2.75) is 12.5 Å². The number of aliphatic carboxylic acids is 1. The van der Waals surface area contributed by atoms with Crippen molar-refractivity contribution >= 4 is 11.9 Å². The number of hydrogen-bond acceptors (Lipinski definition) is 4. The molecule has 0 bridgehead atoms. The van der Waals surface area contributed by atoms with Crippen molar-refractivity contribution < 1.29 is 23.8 Å². The second-order valence-electron chi connectivity index (χ2n) is 5.52. The van der Waals surface area contributed by atoms with E-state index in [-0.39, 0.29) is 24.7 Å². The molecule has 2 aromatic rings. The van der Waals surface area contributed by atoms with Crippen LogP contribution < -0.4 is 0 Å². The molecule has 1 unspecified atom stereocenters. The summed E-state index contributed by atoms with van der Waals surface area (Å²) in [6.45, 7) is 0.901. The van der Waals surface area contributed by atoms with Crippen LogP contribution in [0.1, 0.15) is 16.9 Å². The van der Waals surface area contributed by atoms with E-state index in [1.807, 2.05) is 0 Å². The minimum absolute atomic E-state index is 0.145. The van der Waals surface area contributed by atoms with Crippen LogP contribution in [0.25, 0.3) is 11.3 Å². The number of rotatable bonds is 4. The van der Waals surface area contributed by atoms with Crippen LogP contribution in [0, 0.1) is 5.82 Å². The molecule has 24 heavy (non-hydrogen) atoms. The van der Waals surface area contributed by atoms with Gasteiger partial charge in [-0.1, -0.05) is 0 Å². The summed E-state index contributed by atoms with van der Waals surface area (Å²) in [5.41, 5.74) is 1.52. The number of amides is 1. The number of morpholine rings is 1. The molecule has 2 heterocycles. The van der Waals surface area contributed by atoms with Crippen molar-refractivity contribution in [2.75, 3.05) is 19.7 Å². The molecule has 126 valence electrons. The third-order valence-electron chi connectivity index (χ3n) is 3.78. The number of benzene rings is 1. The lowest BCUT2D eigenvalue weighted by molar-refractivity contribution is -0.141. The van der Waals surface area contributed by atoms with Gasteiger partial charge in [0.2, 0.25) is 0 Å². The van der Waals surface area contributed by atoms with Gasteiger partial charge in [-0.3, -0.25) is 14.7 Å². The summed E-state index contributed by atoms with van der Waals surface area (Å²) in [7, 11) is 0. The predicted octanol–water partition coefficient (Wildman–Crippen LogP) is 1.53. The molecule has 3 rings (SSSR count). The maximum atomic E-state index is 13.0. The fourth-order valence-electron chi connectivity index (χ4n) is 2.59. The number of carbonyl (C=O) groups excluding carboxylic acids is 1. The molecule has 7 nitrogen and oxygen atoms in total. The van der Waals surface area contributed by atoms with Crippen LogP contribution in [0.5, 0.6) is 0 Å². The highest BCUT2D eigenvalue weighted by Crippen LogP contribution is 2.19. The first-order valence-electron chi connectivity index (χ1n) is 7.47. The van der Waals surface area contributed by atoms with E-state index in [0.717, 1.165) is 0 Å². The lowest BCUT2D eigenvalue weighted by Crippen LogP contribution is -2.46. The van der Waals surface area contributed by atoms with E-state index in [1.54, 1.807) is 23.1 Å². The maximum Gasteiger partial charge on any atom is 0.306 e. The van der Waals surface area contributed by atoms with Crippen molar-refractivity contribution in [3.63, 3.8) is 0 Å². The Labute approximate surface area is 137 Å². The Morgan fingerprint density at radius 2 is 2.12 bits per heavy atom.